The van der Waals surface area contributed by atoms with E-state index in [0.717, 1.165) is 25.3 Å². The minimum atomic E-state index is 0. The number of benzene rings is 1. The van der Waals surface area contributed by atoms with Gasteiger partial charge in [0, 0.05) is 24.3 Å². The molecule has 1 aliphatic heterocycles. The van der Waals surface area contributed by atoms with Gasteiger partial charge in [-0.15, -0.1) is 24.0 Å². The van der Waals surface area contributed by atoms with Crippen molar-refractivity contribution in [1.29, 1.82) is 0 Å². The quantitative estimate of drug-likeness (QED) is 0.356. The van der Waals surface area contributed by atoms with Crippen molar-refractivity contribution < 1.29 is 9.47 Å². The minimum absolute atomic E-state index is 0. The van der Waals surface area contributed by atoms with E-state index >= 15 is 0 Å². The number of guanidine groups is 1. The van der Waals surface area contributed by atoms with E-state index in [1.54, 1.807) is 14.2 Å². The topological polar surface area (TPSA) is 75.4 Å². The van der Waals surface area contributed by atoms with Crippen molar-refractivity contribution in [1.82, 2.24) is 9.80 Å². The molecule has 1 aromatic rings. The van der Waals surface area contributed by atoms with E-state index in [1.807, 2.05) is 18.2 Å². The van der Waals surface area contributed by atoms with Crippen molar-refractivity contribution in [2.45, 2.75) is 18.9 Å². The van der Waals surface area contributed by atoms with Crippen molar-refractivity contribution in [2.75, 3.05) is 59.8 Å². The Morgan fingerprint density at radius 2 is 1.88 bits per heavy atom. The SMILES string of the molecule is COc1ccc(NC(N)=NCCN2CCC(N(C)C)CC2)cc1OC.I. The number of methoxy groups -OCH3 is 2. The molecule has 0 radical (unpaired) electrons. The van der Waals surface area contributed by atoms with Gasteiger partial charge in [-0.3, -0.25) is 4.99 Å². The van der Waals surface area contributed by atoms with Crippen molar-refractivity contribution in [3.63, 3.8) is 0 Å². The van der Waals surface area contributed by atoms with Crippen LogP contribution < -0.4 is 20.5 Å². The third-order valence-corrected chi connectivity index (χ3v) is 4.64. The highest BCUT2D eigenvalue weighted by Gasteiger charge is 2.19. The lowest BCUT2D eigenvalue weighted by atomic mass is 10.0. The largest absolute Gasteiger partial charge is 0.493 e. The number of rotatable bonds is 7. The normalized spacial score (nSPS) is 16.3. The van der Waals surface area contributed by atoms with Crippen LogP contribution in [0.4, 0.5) is 5.69 Å². The molecule has 0 spiro atoms. The summed E-state index contributed by atoms with van der Waals surface area (Å²) in [6.07, 6.45) is 2.44. The molecule has 26 heavy (non-hydrogen) atoms. The van der Waals surface area contributed by atoms with Crippen molar-refractivity contribution >= 4 is 35.6 Å². The van der Waals surface area contributed by atoms with E-state index in [4.69, 9.17) is 15.2 Å². The van der Waals surface area contributed by atoms with Gasteiger partial charge in [-0.2, -0.15) is 0 Å². The number of likely N-dealkylation sites (tertiary alicyclic amines) is 1. The van der Waals surface area contributed by atoms with E-state index in [9.17, 15) is 0 Å². The minimum Gasteiger partial charge on any atom is -0.493 e. The van der Waals surface area contributed by atoms with Gasteiger partial charge < -0.3 is 30.3 Å². The molecule has 0 atom stereocenters. The number of hydrogen-bond donors (Lipinski definition) is 2. The van der Waals surface area contributed by atoms with Crippen LogP contribution >= 0.6 is 24.0 Å². The average Bonchev–Trinajstić information content (AvgIpc) is 2.62. The van der Waals surface area contributed by atoms with Gasteiger partial charge in [0.05, 0.1) is 20.8 Å². The first-order valence-electron chi connectivity index (χ1n) is 8.71. The first-order valence-corrected chi connectivity index (χ1v) is 8.71. The van der Waals surface area contributed by atoms with Crippen LogP contribution in [0.15, 0.2) is 23.2 Å². The van der Waals surface area contributed by atoms with E-state index in [-0.39, 0.29) is 24.0 Å². The Kier molecular flexibility index (Phi) is 10.0. The van der Waals surface area contributed by atoms with E-state index in [1.165, 1.54) is 12.8 Å². The number of nitrogens with two attached hydrogens (primary N) is 1. The maximum Gasteiger partial charge on any atom is 0.193 e. The Balaban J connectivity index is 0.00000338. The van der Waals surface area contributed by atoms with Crippen LogP contribution in [0.5, 0.6) is 11.5 Å². The zero-order valence-corrected chi connectivity index (χ0v) is 18.5. The van der Waals surface area contributed by atoms with Crippen LogP contribution in [-0.4, -0.2) is 76.3 Å². The Hall–Kier alpha value is -1.26. The van der Waals surface area contributed by atoms with Gasteiger partial charge in [0.1, 0.15) is 0 Å². The lowest BCUT2D eigenvalue weighted by Gasteiger charge is -2.34. The summed E-state index contributed by atoms with van der Waals surface area (Å²) in [6, 6.07) is 6.27. The maximum atomic E-state index is 5.99. The number of hydrogen-bond acceptors (Lipinski definition) is 5. The second-order valence-electron chi connectivity index (χ2n) is 6.50. The van der Waals surface area contributed by atoms with E-state index in [2.05, 4.69) is 34.2 Å². The van der Waals surface area contributed by atoms with Crippen molar-refractivity contribution in [3.8, 4) is 11.5 Å². The van der Waals surface area contributed by atoms with Gasteiger partial charge in [0.15, 0.2) is 17.5 Å². The van der Waals surface area contributed by atoms with E-state index in [0.29, 0.717) is 30.0 Å². The molecule has 0 bridgehead atoms. The standard InChI is InChI=1S/C18H31N5O2.HI/c1-22(2)15-7-10-23(11-8-15)12-9-20-18(19)21-14-5-6-16(24-3)17(13-14)25-4;/h5-6,13,15H,7-12H2,1-4H3,(H3,19,20,21);1H. The van der Waals surface area contributed by atoms with Gasteiger partial charge in [-0.1, -0.05) is 0 Å². The van der Waals surface area contributed by atoms with Crippen molar-refractivity contribution in [2.24, 2.45) is 10.7 Å². The summed E-state index contributed by atoms with van der Waals surface area (Å²) >= 11 is 0. The molecule has 3 N–H and O–H groups in total. The van der Waals surface area contributed by atoms with Gasteiger partial charge >= 0.3 is 0 Å². The molecule has 1 heterocycles. The van der Waals surface area contributed by atoms with Crippen LogP contribution in [0.3, 0.4) is 0 Å². The summed E-state index contributed by atoms with van der Waals surface area (Å²) in [5, 5.41) is 3.09. The zero-order valence-electron chi connectivity index (χ0n) is 16.2. The molecule has 2 rings (SSSR count). The molecule has 0 aliphatic carbocycles. The van der Waals surface area contributed by atoms with Crippen LogP contribution in [0, 0.1) is 0 Å². The number of halogens is 1. The predicted molar refractivity (Wildman–Crippen MR) is 118 cm³/mol. The molecule has 148 valence electrons. The van der Waals surface area contributed by atoms with E-state index < -0.39 is 0 Å². The molecule has 1 aromatic carbocycles. The summed E-state index contributed by atoms with van der Waals surface area (Å²) in [4.78, 5) is 9.20. The second kappa shape index (κ2) is 11.5. The predicted octanol–water partition coefficient (Wildman–Crippen LogP) is 2.07. The highest BCUT2D eigenvalue weighted by molar-refractivity contribution is 14.0. The van der Waals surface area contributed by atoms with Gasteiger partial charge in [0.2, 0.25) is 0 Å². The molecule has 1 aliphatic rings. The Morgan fingerprint density at radius 1 is 1.23 bits per heavy atom. The number of anilines is 1. The number of ether oxygens (including phenoxy) is 2. The first kappa shape index (κ1) is 22.8. The maximum absolute atomic E-state index is 5.99. The molecular weight excluding hydrogens is 445 g/mol. The summed E-state index contributed by atoms with van der Waals surface area (Å²) in [6.45, 7) is 3.88. The molecule has 0 amide bonds. The van der Waals surface area contributed by atoms with Gasteiger partial charge in [-0.25, -0.2) is 0 Å². The second-order valence-corrected chi connectivity index (χ2v) is 6.50. The monoisotopic (exact) mass is 477 g/mol. The molecule has 0 aromatic heterocycles. The zero-order chi connectivity index (χ0) is 18.2. The summed E-state index contributed by atoms with van der Waals surface area (Å²) in [5.74, 6) is 1.75. The van der Waals surface area contributed by atoms with Crippen LogP contribution in [0.25, 0.3) is 0 Å². The summed E-state index contributed by atoms with van der Waals surface area (Å²) < 4.78 is 10.5. The molecule has 1 saturated heterocycles. The lowest BCUT2D eigenvalue weighted by molar-refractivity contribution is 0.148. The molecule has 0 unspecified atom stereocenters. The number of piperidine rings is 1. The Labute approximate surface area is 173 Å². The molecule has 8 heteroatoms. The fourth-order valence-electron chi connectivity index (χ4n) is 3.07. The fourth-order valence-corrected chi connectivity index (χ4v) is 3.07. The van der Waals surface area contributed by atoms with Crippen LogP contribution in [0.2, 0.25) is 0 Å². The summed E-state index contributed by atoms with van der Waals surface area (Å²) in [5.41, 5.74) is 6.81. The average molecular weight is 477 g/mol. The number of nitrogens with zero attached hydrogens (tertiary/aromatic N) is 3. The third-order valence-electron chi connectivity index (χ3n) is 4.64. The first-order chi connectivity index (χ1) is 12.0. The highest BCUT2D eigenvalue weighted by Crippen LogP contribution is 2.29. The highest BCUT2D eigenvalue weighted by atomic mass is 127. The third kappa shape index (κ3) is 6.81. The Morgan fingerprint density at radius 3 is 2.46 bits per heavy atom. The molecular formula is C18H32IN5O2. The van der Waals surface area contributed by atoms with Gasteiger partial charge in [-0.05, 0) is 52.2 Å². The van der Waals surface area contributed by atoms with Gasteiger partial charge in [0.25, 0.3) is 0 Å². The van der Waals surface area contributed by atoms with Crippen LogP contribution in [-0.2, 0) is 0 Å². The van der Waals surface area contributed by atoms with Crippen LogP contribution in [0.1, 0.15) is 12.8 Å². The smallest absolute Gasteiger partial charge is 0.193 e. The molecule has 0 saturated carbocycles. The molecule has 7 nitrogen and oxygen atoms in total. The lowest BCUT2D eigenvalue weighted by Crippen LogP contribution is -2.42. The van der Waals surface area contributed by atoms with Crippen molar-refractivity contribution in [3.05, 3.63) is 18.2 Å². The fraction of sp³-hybridized carbons (Fsp3) is 0.611. The summed E-state index contributed by atoms with van der Waals surface area (Å²) in [7, 11) is 7.54. The molecule has 1 fully saturated rings. The number of aliphatic imine (C=N–C) groups is 1. The number of nitrogens with one attached hydrogen (secondary N) is 1. The Bertz CT molecular complexity index is 575.